The predicted octanol–water partition coefficient (Wildman–Crippen LogP) is 1.41. The second kappa shape index (κ2) is 4.82. The Labute approximate surface area is 107 Å². The van der Waals surface area contributed by atoms with Gasteiger partial charge >= 0.3 is 0 Å². The van der Waals surface area contributed by atoms with Crippen LogP contribution in [0.2, 0.25) is 0 Å². The summed E-state index contributed by atoms with van der Waals surface area (Å²) in [6.45, 7) is 1.82. The number of carbonyl (C=O) groups excluding carboxylic acids is 1. The summed E-state index contributed by atoms with van der Waals surface area (Å²) >= 11 is 0. The molecule has 1 heterocycles. The Morgan fingerprint density at radius 1 is 1.47 bits per heavy atom. The van der Waals surface area contributed by atoms with Crippen molar-refractivity contribution in [1.29, 1.82) is 0 Å². The molecule has 1 saturated heterocycles. The molecule has 1 aliphatic heterocycles. The average Bonchev–Trinajstić information content (AvgIpc) is 2.67. The van der Waals surface area contributed by atoms with E-state index in [-0.39, 0.29) is 13.2 Å². The molecule has 0 aliphatic carbocycles. The summed E-state index contributed by atoms with van der Waals surface area (Å²) in [6, 6.07) is 0.548. The van der Waals surface area contributed by atoms with Crippen molar-refractivity contribution in [3.8, 4) is 0 Å². The maximum atomic E-state index is 13.4. The van der Waals surface area contributed by atoms with Crippen LogP contribution in [0.1, 0.15) is 6.92 Å². The predicted molar refractivity (Wildman–Crippen MR) is 61.8 cm³/mol. The number of nitrogens with one attached hydrogen (secondary N) is 1. The number of halogens is 3. The molecule has 1 aliphatic rings. The first kappa shape index (κ1) is 13.8. The molecule has 104 valence electrons. The lowest BCUT2D eigenvalue weighted by Gasteiger charge is -2.25. The largest absolute Gasteiger partial charge is 0.379 e. The van der Waals surface area contributed by atoms with E-state index in [4.69, 9.17) is 10.5 Å². The summed E-state index contributed by atoms with van der Waals surface area (Å²) in [4.78, 5) is 12.0. The molecule has 1 amide bonds. The van der Waals surface area contributed by atoms with Crippen LogP contribution in [-0.4, -0.2) is 25.2 Å². The number of anilines is 1. The highest BCUT2D eigenvalue weighted by molar-refractivity contribution is 5.96. The summed E-state index contributed by atoms with van der Waals surface area (Å²) < 4.78 is 44.5. The van der Waals surface area contributed by atoms with Gasteiger partial charge in [-0.2, -0.15) is 0 Å². The first-order chi connectivity index (χ1) is 8.84. The van der Waals surface area contributed by atoms with E-state index in [0.29, 0.717) is 12.1 Å². The Bertz CT molecular complexity index is 524. The van der Waals surface area contributed by atoms with Gasteiger partial charge in [0.05, 0.1) is 24.3 Å². The van der Waals surface area contributed by atoms with Gasteiger partial charge in [-0.15, -0.1) is 0 Å². The third kappa shape index (κ3) is 2.43. The number of benzene rings is 1. The van der Waals surface area contributed by atoms with Crippen LogP contribution in [0.4, 0.5) is 18.9 Å². The lowest BCUT2D eigenvalue weighted by Crippen LogP contribution is -2.47. The molecule has 7 heteroatoms. The standard InChI is InChI=1S/C12H13F3N2O2/c1-12(5-19-4-9(12)16)11(18)17-8-3-6(13)2-7(14)10(8)15/h2-3,9H,4-5,16H2,1H3,(H,17,18). The van der Waals surface area contributed by atoms with Crippen LogP contribution in [-0.2, 0) is 9.53 Å². The van der Waals surface area contributed by atoms with Crippen molar-refractivity contribution < 1.29 is 22.7 Å². The van der Waals surface area contributed by atoms with Crippen molar-refractivity contribution in [3.63, 3.8) is 0 Å². The van der Waals surface area contributed by atoms with Crippen molar-refractivity contribution in [2.45, 2.75) is 13.0 Å². The van der Waals surface area contributed by atoms with E-state index >= 15 is 0 Å². The first-order valence-electron chi connectivity index (χ1n) is 5.64. The normalized spacial score (nSPS) is 26.5. The molecule has 1 aromatic carbocycles. The number of nitrogens with two attached hydrogens (primary N) is 1. The lowest BCUT2D eigenvalue weighted by molar-refractivity contribution is -0.125. The van der Waals surface area contributed by atoms with Crippen LogP contribution < -0.4 is 11.1 Å². The van der Waals surface area contributed by atoms with E-state index in [0.717, 1.165) is 0 Å². The Kier molecular flexibility index (Phi) is 3.51. The number of hydrogen-bond acceptors (Lipinski definition) is 3. The molecule has 0 bridgehead atoms. The highest BCUT2D eigenvalue weighted by Crippen LogP contribution is 2.29. The molecule has 2 rings (SSSR count). The fraction of sp³-hybridized carbons (Fsp3) is 0.417. The Morgan fingerprint density at radius 2 is 2.16 bits per heavy atom. The summed E-state index contributed by atoms with van der Waals surface area (Å²) in [6.07, 6.45) is 0. The van der Waals surface area contributed by atoms with Gasteiger partial charge in [0.25, 0.3) is 0 Å². The highest BCUT2D eigenvalue weighted by atomic mass is 19.2. The van der Waals surface area contributed by atoms with Crippen LogP contribution in [0.25, 0.3) is 0 Å². The van der Waals surface area contributed by atoms with Crippen molar-refractivity contribution in [3.05, 3.63) is 29.6 Å². The first-order valence-corrected chi connectivity index (χ1v) is 5.64. The fourth-order valence-electron chi connectivity index (χ4n) is 1.83. The summed E-state index contributed by atoms with van der Waals surface area (Å²) in [5.74, 6) is -4.30. The van der Waals surface area contributed by atoms with E-state index in [1.54, 1.807) is 6.92 Å². The number of carbonyl (C=O) groups is 1. The minimum absolute atomic E-state index is 0.0689. The molecule has 4 nitrogen and oxygen atoms in total. The van der Waals surface area contributed by atoms with Gasteiger partial charge in [-0.25, -0.2) is 13.2 Å². The topological polar surface area (TPSA) is 64.3 Å². The maximum absolute atomic E-state index is 13.4. The van der Waals surface area contributed by atoms with Gasteiger partial charge < -0.3 is 15.8 Å². The van der Waals surface area contributed by atoms with Crippen molar-refractivity contribution in [2.24, 2.45) is 11.1 Å². The highest BCUT2D eigenvalue weighted by Gasteiger charge is 2.44. The van der Waals surface area contributed by atoms with Crippen LogP contribution in [0.15, 0.2) is 12.1 Å². The molecule has 0 aromatic heterocycles. The summed E-state index contributed by atoms with van der Waals surface area (Å²) in [7, 11) is 0. The lowest BCUT2D eigenvalue weighted by atomic mass is 9.85. The minimum Gasteiger partial charge on any atom is -0.379 e. The van der Waals surface area contributed by atoms with Gasteiger partial charge in [0, 0.05) is 18.2 Å². The van der Waals surface area contributed by atoms with Gasteiger partial charge in [-0.3, -0.25) is 4.79 Å². The van der Waals surface area contributed by atoms with E-state index in [1.165, 1.54) is 0 Å². The maximum Gasteiger partial charge on any atom is 0.234 e. The quantitative estimate of drug-likeness (QED) is 0.801. The van der Waals surface area contributed by atoms with E-state index in [2.05, 4.69) is 5.32 Å². The minimum atomic E-state index is -1.37. The van der Waals surface area contributed by atoms with Gasteiger partial charge in [0.2, 0.25) is 5.91 Å². The fourth-order valence-corrected chi connectivity index (χ4v) is 1.83. The zero-order valence-electron chi connectivity index (χ0n) is 10.2. The molecule has 1 aromatic rings. The number of ether oxygens (including phenoxy) is 1. The number of amides is 1. The monoisotopic (exact) mass is 274 g/mol. The SMILES string of the molecule is CC1(C(=O)Nc2cc(F)cc(F)c2F)COCC1N. The Balaban J connectivity index is 2.24. The zero-order chi connectivity index (χ0) is 14.2. The molecule has 2 atom stereocenters. The Morgan fingerprint density at radius 3 is 2.74 bits per heavy atom. The third-order valence-electron chi connectivity index (χ3n) is 3.28. The van der Waals surface area contributed by atoms with Crippen LogP contribution in [0.3, 0.4) is 0 Å². The van der Waals surface area contributed by atoms with Crippen molar-refractivity contribution in [1.82, 2.24) is 0 Å². The van der Waals surface area contributed by atoms with Gasteiger partial charge in [-0.1, -0.05) is 0 Å². The molecule has 0 radical (unpaired) electrons. The average molecular weight is 274 g/mol. The second-order valence-electron chi connectivity index (χ2n) is 4.74. The number of hydrogen-bond donors (Lipinski definition) is 2. The molecule has 19 heavy (non-hydrogen) atoms. The van der Waals surface area contributed by atoms with Gasteiger partial charge in [0.1, 0.15) is 5.82 Å². The van der Waals surface area contributed by atoms with Crippen LogP contribution in [0.5, 0.6) is 0 Å². The molecule has 0 spiro atoms. The van der Waals surface area contributed by atoms with Crippen molar-refractivity contribution >= 4 is 11.6 Å². The second-order valence-corrected chi connectivity index (χ2v) is 4.74. The van der Waals surface area contributed by atoms with Gasteiger partial charge in [-0.05, 0) is 6.92 Å². The van der Waals surface area contributed by atoms with Gasteiger partial charge in [0.15, 0.2) is 11.6 Å². The third-order valence-corrected chi connectivity index (χ3v) is 3.28. The summed E-state index contributed by atoms with van der Waals surface area (Å²) in [5.41, 5.74) is 4.12. The van der Waals surface area contributed by atoms with E-state index < -0.39 is 40.5 Å². The number of rotatable bonds is 2. The molecular formula is C12H13F3N2O2. The van der Waals surface area contributed by atoms with Crippen LogP contribution in [0, 0.1) is 22.9 Å². The molecule has 1 fully saturated rings. The smallest absolute Gasteiger partial charge is 0.234 e. The summed E-state index contributed by atoms with van der Waals surface area (Å²) in [5, 5.41) is 2.15. The van der Waals surface area contributed by atoms with Crippen LogP contribution >= 0.6 is 0 Å². The molecule has 3 N–H and O–H groups in total. The molecule has 0 saturated carbocycles. The molecular weight excluding hydrogens is 261 g/mol. The van der Waals surface area contributed by atoms with E-state index in [9.17, 15) is 18.0 Å². The van der Waals surface area contributed by atoms with E-state index in [1.807, 2.05) is 0 Å². The zero-order valence-corrected chi connectivity index (χ0v) is 10.2. The Hall–Kier alpha value is -1.60. The molecule has 2 unspecified atom stereocenters. The van der Waals surface area contributed by atoms with Crippen molar-refractivity contribution in [2.75, 3.05) is 18.5 Å².